The minimum absolute atomic E-state index is 0.0291. The number of ether oxygens (including phenoxy) is 3. The Hall–Kier alpha value is -3.73. The average Bonchev–Trinajstić information content (AvgIpc) is 3.00. The van der Waals surface area contributed by atoms with Crippen LogP contribution in [-0.2, 0) is 25.4 Å². The van der Waals surface area contributed by atoms with Gasteiger partial charge in [-0.3, -0.25) is 4.79 Å². The van der Waals surface area contributed by atoms with E-state index >= 15 is 0 Å². The van der Waals surface area contributed by atoms with E-state index in [9.17, 15) is 4.79 Å². The molecule has 0 saturated carbocycles. The van der Waals surface area contributed by atoms with Gasteiger partial charge in [-0.1, -0.05) is 111 Å². The zero-order chi connectivity index (χ0) is 29.9. The third-order valence-electron chi connectivity index (χ3n) is 8.01. The molecule has 0 spiro atoms. The van der Waals surface area contributed by atoms with Crippen molar-refractivity contribution in [2.45, 2.75) is 52.2 Å². The summed E-state index contributed by atoms with van der Waals surface area (Å²) < 4.78 is 17.3. The summed E-state index contributed by atoms with van der Waals surface area (Å²) in [7, 11) is 3.48. The number of hydrogen-bond acceptors (Lipinski definition) is 4. The third kappa shape index (κ3) is 7.96. The van der Waals surface area contributed by atoms with Crippen LogP contribution in [-0.4, -0.2) is 32.9 Å². The molecule has 4 heteroatoms. The van der Waals surface area contributed by atoms with Gasteiger partial charge in [-0.05, 0) is 64.1 Å². The van der Waals surface area contributed by atoms with Crippen LogP contribution < -0.4 is 0 Å². The summed E-state index contributed by atoms with van der Waals surface area (Å²) in [6, 6.07) is 29.5. The number of fused-ring (bicyclic) bond motifs is 2. The Bertz CT molecular complexity index is 1450. The standard InChI is InChI=1S/C38H44O4/c1-27(37(40-4)28(2)25-29(3)38(41-5)30-16-7-6-8-17-30)15-13-23-36(39)42-24-14-22-35-33-20-11-9-18-31(33)26-32-19-10-12-21-34(32)35/h6-13,15-21,25-27,29,37-38H,14,22-24H2,1-5H3/b15-13+,28-25+/t27-,29-,37+,38+/m1/s1. The van der Waals surface area contributed by atoms with Gasteiger partial charge in [-0.25, -0.2) is 0 Å². The molecule has 0 unspecified atom stereocenters. The van der Waals surface area contributed by atoms with Crippen LogP contribution >= 0.6 is 0 Å². The Morgan fingerprint density at radius 2 is 1.43 bits per heavy atom. The highest BCUT2D eigenvalue weighted by Crippen LogP contribution is 2.30. The van der Waals surface area contributed by atoms with Gasteiger partial charge in [0.2, 0.25) is 0 Å². The number of aryl methyl sites for hydroxylation is 1. The largest absolute Gasteiger partial charge is 0.465 e. The SMILES string of the molecule is CO[C@H](/C(C)=C/[C@@H](C)[C@H](OC)c1ccccc1)[C@H](C)/C=C/CC(=O)OCCCc1c2ccccc2cc2ccccc12. The van der Waals surface area contributed by atoms with Gasteiger partial charge in [-0.2, -0.15) is 0 Å². The van der Waals surface area contributed by atoms with E-state index < -0.39 is 0 Å². The van der Waals surface area contributed by atoms with E-state index in [0.29, 0.717) is 6.61 Å². The van der Waals surface area contributed by atoms with E-state index in [2.05, 4.69) is 93.6 Å². The van der Waals surface area contributed by atoms with Gasteiger partial charge in [0.15, 0.2) is 0 Å². The summed E-state index contributed by atoms with van der Waals surface area (Å²) in [4.78, 5) is 12.5. The van der Waals surface area contributed by atoms with Crippen molar-refractivity contribution in [3.63, 3.8) is 0 Å². The number of carbonyl (C=O) groups excluding carboxylic acids is 1. The van der Waals surface area contributed by atoms with Crippen molar-refractivity contribution in [2.24, 2.45) is 11.8 Å². The van der Waals surface area contributed by atoms with Crippen molar-refractivity contribution in [3.05, 3.63) is 120 Å². The molecule has 4 atom stereocenters. The highest BCUT2D eigenvalue weighted by atomic mass is 16.5. The number of esters is 1. The summed E-state index contributed by atoms with van der Waals surface area (Å²) in [6.07, 6.45) is 7.94. The van der Waals surface area contributed by atoms with Crippen LogP contribution in [0, 0.1) is 11.8 Å². The lowest BCUT2D eigenvalue weighted by Crippen LogP contribution is -2.22. The molecular formula is C38H44O4. The summed E-state index contributed by atoms with van der Waals surface area (Å²) in [6.45, 7) is 6.77. The van der Waals surface area contributed by atoms with Crippen LogP contribution in [0.25, 0.3) is 21.5 Å². The molecule has 42 heavy (non-hydrogen) atoms. The topological polar surface area (TPSA) is 44.8 Å². The maximum Gasteiger partial charge on any atom is 0.309 e. The van der Waals surface area contributed by atoms with Crippen LogP contribution in [0.4, 0.5) is 0 Å². The zero-order valence-electron chi connectivity index (χ0n) is 25.6. The van der Waals surface area contributed by atoms with Gasteiger partial charge in [0.05, 0.1) is 25.2 Å². The van der Waals surface area contributed by atoms with E-state index in [0.717, 1.165) is 24.0 Å². The highest BCUT2D eigenvalue weighted by Gasteiger charge is 2.21. The van der Waals surface area contributed by atoms with Crippen LogP contribution in [0.1, 0.15) is 50.8 Å². The number of benzene rings is 4. The van der Waals surface area contributed by atoms with Crippen molar-refractivity contribution < 1.29 is 19.0 Å². The molecule has 0 amide bonds. The minimum Gasteiger partial charge on any atom is -0.465 e. The molecule has 0 aliphatic rings. The minimum atomic E-state index is -0.207. The van der Waals surface area contributed by atoms with Crippen LogP contribution in [0.2, 0.25) is 0 Å². The molecule has 0 aliphatic heterocycles. The molecule has 0 bridgehead atoms. The number of hydrogen-bond donors (Lipinski definition) is 0. The van der Waals surface area contributed by atoms with Gasteiger partial charge in [0.1, 0.15) is 0 Å². The fraction of sp³-hybridized carbons (Fsp3) is 0.342. The van der Waals surface area contributed by atoms with Crippen LogP contribution in [0.5, 0.6) is 0 Å². The molecule has 0 radical (unpaired) electrons. The Kier molecular flexibility index (Phi) is 11.5. The van der Waals surface area contributed by atoms with E-state index in [1.165, 1.54) is 27.1 Å². The molecule has 0 saturated heterocycles. The third-order valence-corrected chi connectivity index (χ3v) is 8.01. The lowest BCUT2D eigenvalue weighted by Gasteiger charge is -2.25. The molecule has 220 valence electrons. The van der Waals surface area contributed by atoms with Crippen molar-refractivity contribution in [1.29, 1.82) is 0 Å². The van der Waals surface area contributed by atoms with Gasteiger partial charge in [0.25, 0.3) is 0 Å². The predicted molar refractivity (Wildman–Crippen MR) is 174 cm³/mol. The maximum absolute atomic E-state index is 12.5. The summed E-state index contributed by atoms with van der Waals surface area (Å²) in [5.41, 5.74) is 3.61. The van der Waals surface area contributed by atoms with E-state index in [1.807, 2.05) is 30.4 Å². The van der Waals surface area contributed by atoms with Crippen molar-refractivity contribution in [3.8, 4) is 0 Å². The molecule has 4 nitrogen and oxygen atoms in total. The smallest absolute Gasteiger partial charge is 0.309 e. The van der Waals surface area contributed by atoms with Crippen molar-refractivity contribution in [1.82, 2.24) is 0 Å². The van der Waals surface area contributed by atoms with Gasteiger partial charge >= 0.3 is 5.97 Å². The molecule has 0 fully saturated rings. The Morgan fingerprint density at radius 1 is 0.810 bits per heavy atom. The quantitative estimate of drug-likeness (QED) is 0.0663. The first-order chi connectivity index (χ1) is 20.4. The number of methoxy groups -OCH3 is 2. The Labute approximate surface area is 251 Å². The molecule has 0 N–H and O–H groups in total. The maximum atomic E-state index is 12.5. The van der Waals surface area contributed by atoms with Gasteiger partial charge in [-0.15, -0.1) is 0 Å². The first-order valence-electron chi connectivity index (χ1n) is 14.9. The first-order valence-corrected chi connectivity index (χ1v) is 14.9. The number of carbonyl (C=O) groups is 1. The molecule has 4 rings (SSSR count). The Balaban J connectivity index is 1.28. The lowest BCUT2D eigenvalue weighted by atomic mass is 9.91. The zero-order valence-corrected chi connectivity index (χ0v) is 25.6. The van der Waals surface area contributed by atoms with Gasteiger partial charge < -0.3 is 14.2 Å². The molecule has 0 aliphatic carbocycles. The summed E-state index contributed by atoms with van der Waals surface area (Å²) in [5, 5.41) is 5.02. The summed E-state index contributed by atoms with van der Waals surface area (Å²) >= 11 is 0. The predicted octanol–water partition coefficient (Wildman–Crippen LogP) is 9.04. The fourth-order valence-corrected chi connectivity index (χ4v) is 6.06. The highest BCUT2D eigenvalue weighted by molar-refractivity contribution is 6.02. The molecule has 4 aromatic rings. The van der Waals surface area contributed by atoms with Crippen molar-refractivity contribution in [2.75, 3.05) is 20.8 Å². The normalized spacial score (nSPS) is 15.1. The second kappa shape index (κ2) is 15.5. The average molecular weight is 565 g/mol. The fourth-order valence-electron chi connectivity index (χ4n) is 6.06. The van der Waals surface area contributed by atoms with E-state index in [4.69, 9.17) is 14.2 Å². The molecule has 4 aromatic carbocycles. The van der Waals surface area contributed by atoms with E-state index in [-0.39, 0.29) is 36.4 Å². The van der Waals surface area contributed by atoms with E-state index in [1.54, 1.807) is 14.2 Å². The molecule has 0 aromatic heterocycles. The second-order valence-corrected chi connectivity index (χ2v) is 11.1. The summed E-state index contributed by atoms with van der Waals surface area (Å²) in [5.74, 6) is 0.0681. The monoisotopic (exact) mass is 564 g/mol. The lowest BCUT2D eigenvalue weighted by molar-refractivity contribution is -0.142. The van der Waals surface area contributed by atoms with Crippen LogP contribution in [0.15, 0.2) is 109 Å². The van der Waals surface area contributed by atoms with Gasteiger partial charge in [0, 0.05) is 26.1 Å². The second-order valence-electron chi connectivity index (χ2n) is 11.1. The first kappa shape index (κ1) is 31.2. The van der Waals surface area contributed by atoms with Crippen molar-refractivity contribution >= 4 is 27.5 Å². The molecule has 0 heterocycles. The number of rotatable bonds is 14. The Morgan fingerprint density at radius 3 is 2.05 bits per heavy atom. The van der Waals surface area contributed by atoms with Crippen LogP contribution in [0.3, 0.4) is 0 Å². The molecular weight excluding hydrogens is 520 g/mol.